The fourth-order valence-electron chi connectivity index (χ4n) is 1.33. The van der Waals surface area contributed by atoms with Crippen LogP contribution in [0.2, 0.25) is 10.0 Å². The smallest absolute Gasteiger partial charge is 0.108 e. The largest absolute Gasteiger partial charge is 0.390 e. The predicted molar refractivity (Wildman–Crippen MR) is 62.3 cm³/mol. The highest BCUT2D eigenvalue weighted by molar-refractivity contribution is 6.36. The van der Waals surface area contributed by atoms with Gasteiger partial charge in [-0.1, -0.05) is 43.1 Å². The van der Waals surface area contributed by atoms with Gasteiger partial charge >= 0.3 is 0 Å². The lowest BCUT2D eigenvalue weighted by Gasteiger charge is -2.22. The second-order valence-corrected chi connectivity index (χ2v) is 4.63. The summed E-state index contributed by atoms with van der Waals surface area (Å²) in [4.78, 5) is 0. The number of aliphatic hydroxyl groups is 2. The molecule has 0 spiro atoms. The molecule has 0 heterocycles. The van der Waals surface area contributed by atoms with Crippen LogP contribution >= 0.6 is 23.2 Å². The van der Waals surface area contributed by atoms with E-state index < -0.39 is 12.2 Å². The second kappa shape index (κ2) is 5.17. The average molecular weight is 249 g/mol. The van der Waals surface area contributed by atoms with Crippen molar-refractivity contribution in [3.8, 4) is 0 Å². The zero-order valence-corrected chi connectivity index (χ0v) is 10.1. The van der Waals surface area contributed by atoms with Gasteiger partial charge in [-0.25, -0.2) is 0 Å². The van der Waals surface area contributed by atoms with E-state index in [2.05, 4.69) is 0 Å². The Morgan fingerprint density at radius 2 is 1.53 bits per heavy atom. The zero-order chi connectivity index (χ0) is 11.6. The monoisotopic (exact) mass is 248 g/mol. The van der Waals surface area contributed by atoms with E-state index in [0.717, 1.165) is 0 Å². The van der Waals surface area contributed by atoms with Crippen molar-refractivity contribution < 1.29 is 10.2 Å². The standard InChI is InChI=1S/C11H14Cl2O2/c1-6(2)10(14)11(15)9-7(12)4-3-5-8(9)13/h3-6,10-11,14-15H,1-2H3. The second-order valence-electron chi connectivity index (χ2n) is 3.81. The molecule has 0 saturated heterocycles. The van der Waals surface area contributed by atoms with Crippen molar-refractivity contribution in [1.29, 1.82) is 0 Å². The predicted octanol–water partition coefficient (Wildman–Crippen LogP) is 3.04. The Morgan fingerprint density at radius 3 is 1.93 bits per heavy atom. The zero-order valence-electron chi connectivity index (χ0n) is 8.61. The summed E-state index contributed by atoms with van der Waals surface area (Å²) in [5, 5.41) is 20.4. The Morgan fingerprint density at radius 1 is 1.07 bits per heavy atom. The van der Waals surface area contributed by atoms with Crippen LogP contribution in [0, 0.1) is 5.92 Å². The van der Waals surface area contributed by atoms with Crippen LogP contribution in [0.4, 0.5) is 0 Å². The van der Waals surface area contributed by atoms with Crippen LogP contribution < -0.4 is 0 Å². The van der Waals surface area contributed by atoms with Gasteiger partial charge in [0.2, 0.25) is 0 Å². The summed E-state index contributed by atoms with van der Waals surface area (Å²) in [6.45, 7) is 3.64. The van der Waals surface area contributed by atoms with Gasteiger partial charge in [-0.15, -0.1) is 0 Å². The lowest BCUT2D eigenvalue weighted by atomic mass is 9.96. The van der Waals surface area contributed by atoms with Gasteiger partial charge in [0.25, 0.3) is 0 Å². The molecule has 1 aromatic carbocycles. The van der Waals surface area contributed by atoms with Crippen LogP contribution in [0.25, 0.3) is 0 Å². The molecule has 84 valence electrons. The third-order valence-corrected chi connectivity index (χ3v) is 2.96. The van der Waals surface area contributed by atoms with Crippen molar-refractivity contribution in [3.05, 3.63) is 33.8 Å². The maximum absolute atomic E-state index is 9.90. The topological polar surface area (TPSA) is 40.5 Å². The molecule has 0 aliphatic carbocycles. The minimum atomic E-state index is -1.05. The van der Waals surface area contributed by atoms with Gasteiger partial charge < -0.3 is 10.2 Å². The number of aliphatic hydroxyl groups excluding tert-OH is 2. The van der Waals surface area contributed by atoms with Crippen molar-refractivity contribution in [2.24, 2.45) is 5.92 Å². The van der Waals surface area contributed by atoms with Crippen LogP contribution in [0.5, 0.6) is 0 Å². The van der Waals surface area contributed by atoms with Gasteiger partial charge in [0, 0.05) is 15.6 Å². The molecule has 2 atom stereocenters. The van der Waals surface area contributed by atoms with Crippen LogP contribution in [-0.2, 0) is 0 Å². The van der Waals surface area contributed by atoms with Gasteiger partial charge in [0.15, 0.2) is 0 Å². The van der Waals surface area contributed by atoms with Gasteiger partial charge in [-0.05, 0) is 18.1 Å². The number of hydrogen-bond donors (Lipinski definition) is 2. The van der Waals surface area contributed by atoms with E-state index in [4.69, 9.17) is 23.2 Å². The SMILES string of the molecule is CC(C)C(O)C(O)c1c(Cl)cccc1Cl. The first-order valence-electron chi connectivity index (χ1n) is 4.75. The average Bonchev–Trinajstić information content (AvgIpc) is 2.15. The summed E-state index contributed by atoms with van der Waals surface area (Å²) in [5.74, 6) is -0.0626. The number of rotatable bonds is 3. The number of halogens is 2. The molecular weight excluding hydrogens is 235 g/mol. The maximum Gasteiger partial charge on any atom is 0.108 e. The van der Waals surface area contributed by atoms with Gasteiger partial charge in [-0.2, -0.15) is 0 Å². The highest BCUT2D eigenvalue weighted by Gasteiger charge is 2.25. The molecule has 0 saturated carbocycles. The van der Waals surface area contributed by atoms with Crippen molar-refractivity contribution in [1.82, 2.24) is 0 Å². The normalized spacial score (nSPS) is 15.4. The highest BCUT2D eigenvalue weighted by atomic mass is 35.5. The van der Waals surface area contributed by atoms with Crippen molar-refractivity contribution in [2.75, 3.05) is 0 Å². The van der Waals surface area contributed by atoms with Gasteiger partial charge in [0.1, 0.15) is 6.10 Å². The van der Waals surface area contributed by atoms with Gasteiger partial charge in [0.05, 0.1) is 6.10 Å². The van der Waals surface area contributed by atoms with E-state index in [0.29, 0.717) is 15.6 Å². The molecule has 0 amide bonds. The first-order valence-corrected chi connectivity index (χ1v) is 5.50. The third kappa shape index (κ3) is 2.85. The number of benzene rings is 1. The summed E-state index contributed by atoms with van der Waals surface area (Å²) in [5.41, 5.74) is 0.391. The summed E-state index contributed by atoms with van der Waals surface area (Å²) in [7, 11) is 0. The molecule has 0 radical (unpaired) electrons. The number of hydrogen-bond acceptors (Lipinski definition) is 2. The Labute approximate surface area is 99.5 Å². The van der Waals surface area contributed by atoms with E-state index in [9.17, 15) is 10.2 Å². The molecule has 0 aliphatic heterocycles. The molecule has 15 heavy (non-hydrogen) atoms. The highest BCUT2D eigenvalue weighted by Crippen LogP contribution is 2.33. The van der Waals surface area contributed by atoms with Crippen molar-refractivity contribution in [2.45, 2.75) is 26.1 Å². The van der Waals surface area contributed by atoms with E-state index in [-0.39, 0.29) is 5.92 Å². The van der Waals surface area contributed by atoms with E-state index in [1.54, 1.807) is 18.2 Å². The third-order valence-electron chi connectivity index (χ3n) is 2.30. The summed E-state index contributed by atoms with van der Waals surface area (Å²) in [6, 6.07) is 4.97. The van der Waals surface area contributed by atoms with E-state index in [1.807, 2.05) is 13.8 Å². The van der Waals surface area contributed by atoms with Crippen LogP contribution in [0.15, 0.2) is 18.2 Å². The van der Waals surface area contributed by atoms with Crippen LogP contribution in [0.1, 0.15) is 25.5 Å². The Kier molecular flexibility index (Phi) is 4.41. The minimum Gasteiger partial charge on any atom is -0.390 e. The Bertz CT molecular complexity index is 319. The first kappa shape index (κ1) is 12.8. The molecule has 0 aliphatic rings. The molecule has 1 rings (SSSR count). The molecule has 0 aromatic heterocycles. The lowest BCUT2D eigenvalue weighted by molar-refractivity contribution is -0.00928. The van der Waals surface area contributed by atoms with Gasteiger partial charge in [-0.3, -0.25) is 0 Å². The summed E-state index contributed by atoms with van der Waals surface area (Å²) in [6.07, 6.45) is -1.92. The molecule has 2 nitrogen and oxygen atoms in total. The molecule has 1 aromatic rings. The van der Waals surface area contributed by atoms with E-state index in [1.165, 1.54) is 0 Å². The lowest BCUT2D eigenvalue weighted by Crippen LogP contribution is -2.24. The summed E-state index contributed by atoms with van der Waals surface area (Å²) < 4.78 is 0. The Balaban J connectivity index is 3.05. The van der Waals surface area contributed by atoms with Crippen molar-refractivity contribution >= 4 is 23.2 Å². The Hall–Kier alpha value is -0.280. The summed E-state index contributed by atoms with van der Waals surface area (Å²) >= 11 is 11.8. The molecule has 0 bridgehead atoms. The molecular formula is C11H14Cl2O2. The fraction of sp³-hybridized carbons (Fsp3) is 0.455. The van der Waals surface area contributed by atoms with Crippen molar-refractivity contribution in [3.63, 3.8) is 0 Å². The molecule has 2 unspecified atom stereocenters. The van der Waals surface area contributed by atoms with Crippen LogP contribution in [0.3, 0.4) is 0 Å². The van der Waals surface area contributed by atoms with Crippen LogP contribution in [-0.4, -0.2) is 16.3 Å². The fourth-order valence-corrected chi connectivity index (χ4v) is 1.95. The maximum atomic E-state index is 9.90. The first-order chi connectivity index (χ1) is 6.95. The molecule has 0 fully saturated rings. The molecule has 2 N–H and O–H groups in total. The van der Waals surface area contributed by atoms with E-state index >= 15 is 0 Å². The quantitative estimate of drug-likeness (QED) is 0.864. The molecule has 4 heteroatoms. The minimum absolute atomic E-state index is 0.0626.